The summed E-state index contributed by atoms with van der Waals surface area (Å²) in [5.74, 6) is -0.701. The van der Waals surface area contributed by atoms with Gasteiger partial charge in [-0.3, -0.25) is 0 Å². The highest BCUT2D eigenvalue weighted by Gasteiger charge is 2.17. The quantitative estimate of drug-likeness (QED) is 0.462. The molecule has 0 fully saturated rings. The van der Waals surface area contributed by atoms with E-state index in [1.54, 1.807) is 13.8 Å². The molecular weight excluding hydrogens is 168 g/mol. The number of ether oxygens (including phenoxy) is 2. The fourth-order valence-electron chi connectivity index (χ4n) is 0.727. The Bertz CT molecular complexity index is 191. The summed E-state index contributed by atoms with van der Waals surface area (Å²) < 4.78 is 10.5. The van der Waals surface area contributed by atoms with Crippen molar-refractivity contribution in [2.45, 2.75) is 32.5 Å². The van der Waals surface area contributed by atoms with Crippen LogP contribution in [0, 0.1) is 22.7 Å². The SMILES string of the molecule is CC(C)(OCCC#N)OCCC#N. The van der Waals surface area contributed by atoms with Gasteiger partial charge < -0.3 is 9.47 Å². The van der Waals surface area contributed by atoms with Crippen LogP contribution in [0.2, 0.25) is 0 Å². The Labute approximate surface area is 78.7 Å². The Morgan fingerprint density at radius 2 is 1.38 bits per heavy atom. The van der Waals surface area contributed by atoms with Crippen LogP contribution in [-0.2, 0) is 9.47 Å². The van der Waals surface area contributed by atoms with Gasteiger partial charge in [-0.15, -0.1) is 0 Å². The molecule has 0 atom stereocenters. The number of hydrogen-bond acceptors (Lipinski definition) is 4. The van der Waals surface area contributed by atoms with Crippen LogP contribution in [-0.4, -0.2) is 19.0 Å². The third kappa shape index (κ3) is 7.27. The molecule has 0 amide bonds. The van der Waals surface area contributed by atoms with Crippen LogP contribution in [0.25, 0.3) is 0 Å². The summed E-state index contributed by atoms with van der Waals surface area (Å²) in [6.07, 6.45) is 0.704. The van der Waals surface area contributed by atoms with E-state index < -0.39 is 5.79 Å². The first-order chi connectivity index (χ1) is 6.12. The van der Waals surface area contributed by atoms with Crippen LogP contribution < -0.4 is 0 Å². The predicted octanol–water partition coefficient (Wildman–Crippen LogP) is 1.58. The van der Waals surface area contributed by atoms with Crippen molar-refractivity contribution in [3.05, 3.63) is 0 Å². The Morgan fingerprint density at radius 3 is 1.69 bits per heavy atom. The molecule has 0 aromatic carbocycles. The van der Waals surface area contributed by atoms with Gasteiger partial charge in [-0.1, -0.05) is 0 Å². The number of nitrogens with zero attached hydrogens (tertiary/aromatic N) is 2. The van der Waals surface area contributed by atoms with Crippen LogP contribution in [0.15, 0.2) is 0 Å². The molecule has 0 aromatic heterocycles. The van der Waals surface area contributed by atoms with Crippen molar-refractivity contribution in [3.8, 4) is 12.1 Å². The average molecular weight is 182 g/mol. The minimum atomic E-state index is -0.701. The molecule has 0 aliphatic carbocycles. The fraction of sp³-hybridized carbons (Fsp3) is 0.778. The monoisotopic (exact) mass is 182 g/mol. The molecule has 0 saturated heterocycles. The lowest BCUT2D eigenvalue weighted by Crippen LogP contribution is -2.29. The normalized spacial score (nSPS) is 10.5. The molecule has 72 valence electrons. The van der Waals surface area contributed by atoms with Crippen molar-refractivity contribution < 1.29 is 9.47 Å². The minimum absolute atomic E-state index is 0.352. The van der Waals surface area contributed by atoms with Gasteiger partial charge in [-0.2, -0.15) is 10.5 Å². The van der Waals surface area contributed by atoms with Crippen molar-refractivity contribution in [2.75, 3.05) is 13.2 Å². The van der Waals surface area contributed by atoms with Gasteiger partial charge in [0, 0.05) is 0 Å². The maximum atomic E-state index is 8.26. The van der Waals surface area contributed by atoms with Crippen molar-refractivity contribution >= 4 is 0 Å². The second kappa shape index (κ2) is 6.42. The molecule has 0 heterocycles. The predicted molar refractivity (Wildman–Crippen MR) is 46.4 cm³/mol. The van der Waals surface area contributed by atoms with Crippen LogP contribution >= 0.6 is 0 Å². The first-order valence-corrected chi connectivity index (χ1v) is 4.14. The second-order valence-electron chi connectivity index (χ2n) is 2.91. The lowest BCUT2D eigenvalue weighted by atomic mass is 10.3. The molecule has 0 unspecified atom stereocenters. The molecule has 0 N–H and O–H groups in total. The van der Waals surface area contributed by atoms with E-state index in [9.17, 15) is 0 Å². The highest BCUT2D eigenvalue weighted by atomic mass is 16.7. The second-order valence-corrected chi connectivity index (χ2v) is 2.91. The van der Waals surface area contributed by atoms with E-state index in [4.69, 9.17) is 20.0 Å². The Hall–Kier alpha value is -1.10. The van der Waals surface area contributed by atoms with E-state index in [1.165, 1.54) is 0 Å². The molecule has 0 bridgehead atoms. The third-order valence-electron chi connectivity index (χ3n) is 1.33. The van der Waals surface area contributed by atoms with Crippen LogP contribution in [0.1, 0.15) is 26.7 Å². The molecule has 4 heteroatoms. The average Bonchev–Trinajstić information content (AvgIpc) is 2.05. The Balaban J connectivity index is 3.56. The molecule has 0 aliphatic rings. The largest absolute Gasteiger partial charge is 0.349 e. The van der Waals surface area contributed by atoms with Gasteiger partial charge in [-0.25, -0.2) is 0 Å². The molecule has 0 spiro atoms. The maximum Gasteiger partial charge on any atom is 0.162 e. The maximum absolute atomic E-state index is 8.26. The standard InChI is InChI=1S/C9H14N2O2/c1-9(2,12-7-3-5-10)13-8-4-6-11/h3-4,7-8H2,1-2H3. The lowest BCUT2D eigenvalue weighted by Gasteiger charge is -2.24. The smallest absolute Gasteiger partial charge is 0.162 e. The molecule has 13 heavy (non-hydrogen) atoms. The zero-order valence-electron chi connectivity index (χ0n) is 8.04. The molecule has 0 rings (SSSR count). The van der Waals surface area contributed by atoms with Gasteiger partial charge in [0.2, 0.25) is 0 Å². The zero-order valence-corrected chi connectivity index (χ0v) is 8.04. The zero-order chi connectivity index (χ0) is 10.2. The van der Waals surface area contributed by atoms with Gasteiger partial charge in [0.15, 0.2) is 5.79 Å². The van der Waals surface area contributed by atoms with Gasteiger partial charge in [0.1, 0.15) is 0 Å². The molecule has 0 aliphatic heterocycles. The first kappa shape index (κ1) is 11.9. The van der Waals surface area contributed by atoms with Crippen molar-refractivity contribution in [3.63, 3.8) is 0 Å². The van der Waals surface area contributed by atoms with Gasteiger partial charge in [0.05, 0.1) is 38.2 Å². The van der Waals surface area contributed by atoms with Crippen LogP contribution in [0.4, 0.5) is 0 Å². The highest BCUT2D eigenvalue weighted by molar-refractivity contribution is 4.70. The summed E-state index contributed by atoms with van der Waals surface area (Å²) >= 11 is 0. The number of rotatable bonds is 6. The lowest BCUT2D eigenvalue weighted by molar-refractivity contribution is -0.211. The minimum Gasteiger partial charge on any atom is -0.349 e. The topological polar surface area (TPSA) is 66.0 Å². The first-order valence-electron chi connectivity index (χ1n) is 4.14. The highest BCUT2D eigenvalue weighted by Crippen LogP contribution is 2.11. The summed E-state index contributed by atoms with van der Waals surface area (Å²) in [6.45, 7) is 4.25. The Morgan fingerprint density at radius 1 is 1.00 bits per heavy atom. The van der Waals surface area contributed by atoms with Gasteiger partial charge in [-0.05, 0) is 13.8 Å². The fourth-order valence-corrected chi connectivity index (χ4v) is 0.727. The van der Waals surface area contributed by atoms with Crippen LogP contribution in [0.3, 0.4) is 0 Å². The number of nitriles is 2. The summed E-state index contributed by atoms with van der Waals surface area (Å²) in [4.78, 5) is 0. The van der Waals surface area contributed by atoms with E-state index >= 15 is 0 Å². The van der Waals surface area contributed by atoms with Crippen molar-refractivity contribution in [1.82, 2.24) is 0 Å². The van der Waals surface area contributed by atoms with Crippen LogP contribution in [0.5, 0.6) is 0 Å². The summed E-state index contributed by atoms with van der Waals surface area (Å²) in [6, 6.07) is 3.95. The number of hydrogen-bond donors (Lipinski definition) is 0. The van der Waals surface area contributed by atoms with Gasteiger partial charge in [0.25, 0.3) is 0 Å². The molecule has 0 saturated carbocycles. The molecule has 4 nitrogen and oxygen atoms in total. The van der Waals surface area contributed by atoms with E-state index in [-0.39, 0.29) is 0 Å². The van der Waals surface area contributed by atoms with Gasteiger partial charge >= 0.3 is 0 Å². The van der Waals surface area contributed by atoms with E-state index in [1.807, 2.05) is 12.1 Å². The van der Waals surface area contributed by atoms with E-state index in [0.29, 0.717) is 26.1 Å². The molecule has 0 radical (unpaired) electrons. The van der Waals surface area contributed by atoms with Crippen molar-refractivity contribution in [2.24, 2.45) is 0 Å². The summed E-state index contributed by atoms with van der Waals surface area (Å²) in [5, 5.41) is 16.5. The molecular formula is C9H14N2O2. The van der Waals surface area contributed by atoms with Crippen molar-refractivity contribution in [1.29, 1.82) is 10.5 Å². The van der Waals surface area contributed by atoms with E-state index in [2.05, 4.69) is 0 Å². The third-order valence-corrected chi connectivity index (χ3v) is 1.33. The summed E-state index contributed by atoms with van der Waals surface area (Å²) in [5.41, 5.74) is 0. The Kier molecular flexibility index (Phi) is 5.88. The summed E-state index contributed by atoms with van der Waals surface area (Å²) in [7, 11) is 0. The van der Waals surface area contributed by atoms with E-state index in [0.717, 1.165) is 0 Å². The molecule has 0 aromatic rings.